The van der Waals surface area contributed by atoms with E-state index in [4.69, 9.17) is 4.74 Å². The molecule has 132 valence electrons. The van der Waals surface area contributed by atoms with E-state index in [1.165, 1.54) is 31.4 Å². The van der Waals surface area contributed by atoms with Gasteiger partial charge in [-0.1, -0.05) is 31.0 Å². The highest BCUT2D eigenvalue weighted by molar-refractivity contribution is 5.88. The normalized spacial score (nSPS) is 15.8. The van der Waals surface area contributed by atoms with Gasteiger partial charge < -0.3 is 10.1 Å². The van der Waals surface area contributed by atoms with Gasteiger partial charge in [-0.2, -0.15) is 0 Å². The fourth-order valence-corrected chi connectivity index (χ4v) is 3.58. The first kappa shape index (κ1) is 17.4. The Morgan fingerprint density at radius 3 is 2.56 bits per heavy atom. The molecule has 0 saturated heterocycles. The number of ether oxygens (including phenoxy) is 1. The molecule has 0 spiro atoms. The molecule has 0 aliphatic heterocycles. The van der Waals surface area contributed by atoms with Crippen molar-refractivity contribution in [2.24, 2.45) is 0 Å². The fourth-order valence-electron chi connectivity index (χ4n) is 3.58. The number of carbonyl (C=O) groups excluding carboxylic acids is 1. The van der Waals surface area contributed by atoms with Crippen molar-refractivity contribution in [1.29, 1.82) is 0 Å². The predicted molar refractivity (Wildman–Crippen MR) is 91.3 cm³/mol. The van der Waals surface area contributed by atoms with Crippen molar-refractivity contribution in [3.8, 4) is 5.75 Å². The van der Waals surface area contributed by atoms with Gasteiger partial charge in [-0.05, 0) is 48.2 Å². The van der Waals surface area contributed by atoms with Crippen LogP contribution in [-0.4, -0.2) is 13.0 Å². The summed E-state index contributed by atoms with van der Waals surface area (Å²) in [6.07, 6.45) is 3.25. The van der Waals surface area contributed by atoms with Crippen molar-refractivity contribution >= 4 is 5.91 Å². The van der Waals surface area contributed by atoms with Crippen LogP contribution in [0.25, 0.3) is 0 Å². The summed E-state index contributed by atoms with van der Waals surface area (Å²) in [5.74, 6) is -0.766. The number of amides is 1. The van der Waals surface area contributed by atoms with E-state index in [1.54, 1.807) is 18.2 Å². The monoisotopic (exact) mass is 345 g/mol. The number of benzene rings is 2. The van der Waals surface area contributed by atoms with E-state index < -0.39 is 11.2 Å². The van der Waals surface area contributed by atoms with Crippen molar-refractivity contribution in [3.63, 3.8) is 0 Å². The van der Waals surface area contributed by atoms with Gasteiger partial charge in [0.05, 0.1) is 12.5 Å². The Morgan fingerprint density at radius 1 is 1.16 bits per heavy atom. The van der Waals surface area contributed by atoms with Gasteiger partial charge in [0, 0.05) is 6.54 Å². The van der Waals surface area contributed by atoms with Crippen LogP contribution in [0.1, 0.15) is 36.8 Å². The number of halogens is 2. The summed E-state index contributed by atoms with van der Waals surface area (Å²) in [5.41, 5.74) is 0.662. The first-order valence-electron chi connectivity index (χ1n) is 8.42. The molecule has 1 amide bonds. The quantitative estimate of drug-likeness (QED) is 0.886. The molecule has 3 rings (SSSR count). The van der Waals surface area contributed by atoms with Crippen LogP contribution in [0, 0.1) is 11.6 Å². The molecule has 1 saturated carbocycles. The molecule has 0 bridgehead atoms. The summed E-state index contributed by atoms with van der Waals surface area (Å²) in [4.78, 5) is 12.9. The molecule has 0 aromatic heterocycles. The third-order valence-corrected chi connectivity index (χ3v) is 4.94. The molecule has 3 nitrogen and oxygen atoms in total. The standard InChI is InChI=1S/C20H21F2NO2/c1-25-18-8-7-14(11-17(18)22)13-23-19(24)20(9-2-3-10-20)15-5-4-6-16(21)12-15/h4-8,11-12H,2-3,9-10,13H2,1H3,(H,23,24). The molecule has 5 heteroatoms. The van der Waals surface area contributed by atoms with Crippen LogP contribution in [0.2, 0.25) is 0 Å². The average Bonchev–Trinajstić information content (AvgIpc) is 3.11. The lowest BCUT2D eigenvalue weighted by Crippen LogP contribution is -2.42. The smallest absolute Gasteiger partial charge is 0.230 e. The lowest BCUT2D eigenvalue weighted by atomic mass is 9.78. The summed E-state index contributed by atoms with van der Waals surface area (Å²) in [7, 11) is 1.41. The van der Waals surface area contributed by atoms with E-state index in [1.807, 2.05) is 0 Å². The van der Waals surface area contributed by atoms with Crippen LogP contribution in [0.5, 0.6) is 5.75 Å². The Labute approximate surface area is 146 Å². The second-order valence-electron chi connectivity index (χ2n) is 6.45. The highest BCUT2D eigenvalue weighted by Gasteiger charge is 2.42. The minimum absolute atomic E-state index is 0.133. The third kappa shape index (κ3) is 3.50. The molecule has 0 atom stereocenters. The summed E-state index contributed by atoms with van der Waals surface area (Å²) < 4.78 is 32.3. The molecular weight excluding hydrogens is 324 g/mol. The molecule has 1 aliphatic rings. The summed E-state index contributed by atoms with van der Waals surface area (Å²) in [5, 5.41) is 2.90. The van der Waals surface area contributed by atoms with E-state index in [2.05, 4.69) is 5.32 Å². The van der Waals surface area contributed by atoms with Crippen molar-refractivity contribution in [1.82, 2.24) is 5.32 Å². The van der Waals surface area contributed by atoms with Crippen LogP contribution in [-0.2, 0) is 16.8 Å². The van der Waals surface area contributed by atoms with Gasteiger partial charge >= 0.3 is 0 Å². The number of hydrogen-bond donors (Lipinski definition) is 1. The van der Waals surface area contributed by atoms with Crippen LogP contribution >= 0.6 is 0 Å². The van der Waals surface area contributed by atoms with Gasteiger partial charge in [0.15, 0.2) is 11.6 Å². The van der Waals surface area contributed by atoms with E-state index in [-0.39, 0.29) is 24.0 Å². The number of hydrogen-bond acceptors (Lipinski definition) is 2. The molecule has 0 unspecified atom stereocenters. The molecule has 0 radical (unpaired) electrons. The predicted octanol–water partition coefficient (Wildman–Crippen LogP) is 4.10. The Balaban J connectivity index is 1.77. The van der Waals surface area contributed by atoms with Crippen LogP contribution in [0.3, 0.4) is 0 Å². The summed E-state index contributed by atoms with van der Waals surface area (Å²) in [6, 6.07) is 10.9. The van der Waals surface area contributed by atoms with E-state index in [0.29, 0.717) is 24.0 Å². The number of methoxy groups -OCH3 is 1. The van der Waals surface area contributed by atoms with Crippen molar-refractivity contribution < 1.29 is 18.3 Å². The fraction of sp³-hybridized carbons (Fsp3) is 0.350. The van der Waals surface area contributed by atoms with E-state index in [0.717, 1.165) is 12.8 Å². The average molecular weight is 345 g/mol. The van der Waals surface area contributed by atoms with E-state index in [9.17, 15) is 13.6 Å². The SMILES string of the molecule is COc1ccc(CNC(=O)C2(c3cccc(F)c3)CCCC2)cc1F. The maximum absolute atomic E-state index is 13.8. The highest BCUT2D eigenvalue weighted by Crippen LogP contribution is 2.41. The zero-order chi connectivity index (χ0) is 17.9. The van der Waals surface area contributed by atoms with Gasteiger partial charge in [-0.3, -0.25) is 4.79 Å². The molecule has 1 aliphatic carbocycles. The van der Waals surface area contributed by atoms with E-state index >= 15 is 0 Å². The molecule has 25 heavy (non-hydrogen) atoms. The third-order valence-electron chi connectivity index (χ3n) is 4.94. The van der Waals surface area contributed by atoms with Gasteiger partial charge in [0.2, 0.25) is 5.91 Å². The van der Waals surface area contributed by atoms with Crippen LogP contribution in [0.4, 0.5) is 8.78 Å². The molecule has 2 aromatic rings. The second kappa shape index (κ2) is 7.21. The van der Waals surface area contributed by atoms with Crippen molar-refractivity contribution in [2.75, 3.05) is 7.11 Å². The zero-order valence-electron chi connectivity index (χ0n) is 14.1. The van der Waals surface area contributed by atoms with Crippen molar-refractivity contribution in [3.05, 3.63) is 65.2 Å². The maximum Gasteiger partial charge on any atom is 0.230 e. The molecule has 1 N–H and O–H groups in total. The van der Waals surface area contributed by atoms with Gasteiger partial charge in [0.1, 0.15) is 5.82 Å². The molecule has 0 heterocycles. The first-order chi connectivity index (χ1) is 12.0. The minimum atomic E-state index is -0.701. The first-order valence-corrected chi connectivity index (χ1v) is 8.42. The van der Waals surface area contributed by atoms with Crippen LogP contribution < -0.4 is 10.1 Å². The lowest BCUT2D eigenvalue weighted by Gasteiger charge is -2.28. The summed E-state index contributed by atoms with van der Waals surface area (Å²) >= 11 is 0. The van der Waals surface area contributed by atoms with Gasteiger partial charge in [0.25, 0.3) is 0 Å². The highest BCUT2D eigenvalue weighted by atomic mass is 19.1. The number of nitrogens with one attached hydrogen (secondary N) is 1. The maximum atomic E-state index is 13.8. The Morgan fingerprint density at radius 2 is 1.92 bits per heavy atom. The Hall–Kier alpha value is -2.43. The molecular formula is C20H21F2NO2. The van der Waals surface area contributed by atoms with Crippen LogP contribution in [0.15, 0.2) is 42.5 Å². The Bertz CT molecular complexity index is 770. The zero-order valence-corrected chi connectivity index (χ0v) is 14.1. The number of carbonyl (C=O) groups is 1. The molecule has 2 aromatic carbocycles. The lowest BCUT2D eigenvalue weighted by molar-refractivity contribution is -0.126. The Kier molecular flexibility index (Phi) is 5.02. The molecule has 1 fully saturated rings. The van der Waals surface area contributed by atoms with Crippen molar-refractivity contribution in [2.45, 2.75) is 37.6 Å². The largest absolute Gasteiger partial charge is 0.494 e. The second-order valence-corrected chi connectivity index (χ2v) is 6.45. The number of rotatable bonds is 5. The minimum Gasteiger partial charge on any atom is -0.494 e. The topological polar surface area (TPSA) is 38.3 Å². The van der Waals surface area contributed by atoms with Gasteiger partial charge in [-0.15, -0.1) is 0 Å². The van der Waals surface area contributed by atoms with Gasteiger partial charge in [-0.25, -0.2) is 8.78 Å². The summed E-state index contributed by atoms with van der Waals surface area (Å²) in [6.45, 7) is 0.219.